The van der Waals surface area contributed by atoms with Crippen LogP contribution in [0.4, 0.5) is 5.69 Å². The number of allylic oxidation sites excluding steroid dienone is 4. The van der Waals surface area contributed by atoms with Crippen LogP contribution in [0.3, 0.4) is 0 Å². The molecular formula is C13H15N. The van der Waals surface area contributed by atoms with Crippen LogP contribution < -0.4 is 5.73 Å². The number of aryl methyl sites for hydroxylation is 1. The van der Waals surface area contributed by atoms with Crippen molar-refractivity contribution in [2.75, 3.05) is 5.73 Å². The van der Waals surface area contributed by atoms with Crippen LogP contribution in [-0.4, -0.2) is 0 Å². The number of rotatable bonds is 1. The number of hydrogen-bond donors (Lipinski definition) is 1. The second-order valence-electron chi connectivity index (χ2n) is 3.77. The van der Waals surface area contributed by atoms with Crippen LogP contribution in [0.25, 0.3) is 0 Å². The van der Waals surface area contributed by atoms with Gasteiger partial charge < -0.3 is 5.73 Å². The first-order chi connectivity index (χ1) is 6.77. The highest BCUT2D eigenvalue weighted by Gasteiger charge is 2.08. The van der Waals surface area contributed by atoms with Crippen LogP contribution in [0, 0.1) is 6.92 Å². The van der Waals surface area contributed by atoms with Gasteiger partial charge in [0.15, 0.2) is 0 Å². The van der Waals surface area contributed by atoms with E-state index in [-0.39, 0.29) is 0 Å². The molecule has 0 aromatic heterocycles. The van der Waals surface area contributed by atoms with Crippen molar-refractivity contribution in [3.63, 3.8) is 0 Å². The summed E-state index contributed by atoms with van der Waals surface area (Å²) in [6.07, 6.45) is 9.70. The van der Waals surface area contributed by atoms with E-state index in [1.165, 1.54) is 5.56 Å². The Hall–Kier alpha value is -1.50. The molecule has 1 aromatic carbocycles. The molecule has 72 valence electrons. The minimum atomic E-state index is 0.503. The monoisotopic (exact) mass is 185 g/mol. The first-order valence-corrected chi connectivity index (χ1v) is 4.97. The summed E-state index contributed by atoms with van der Waals surface area (Å²) in [6, 6.07) is 6.35. The standard InChI is InChI=1S/C13H15N/c1-10-7-8-12(9-13(10)14)11-5-3-2-4-6-11/h2-5,7-9,11H,6,14H2,1H3. The zero-order valence-corrected chi connectivity index (χ0v) is 8.40. The van der Waals surface area contributed by atoms with Crippen molar-refractivity contribution in [3.05, 3.63) is 53.6 Å². The number of hydrogen-bond acceptors (Lipinski definition) is 1. The molecule has 0 fully saturated rings. The predicted octanol–water partition coefficient (Wildman–Crippen LogP) is 3.18. The fraction of sp³-hybridized carbons (Fsp3) is 0.231. The van der Waals surface area contributed by atoms with E-state index in [2.05, 4.69) is 42.5 Å². The molecule has 0 heterocycles. The van der Waals surface area contributed by atoms with Crippen LogP contribution >= 0.6 is 0 Å². The Kier molecular flexibility index (Phi) is 2.40. The van der Waals surface area contributed by atoms with Gasteiger partial charge in [0.2, 0.25) is 0 Å². The normalized spacial score (nSPS) is 19.9. The Morgan fingerprint density at radius 3 is 2.79 bits per heavy atom. The molecule has 1 aliphatic rings. The highest BCUT2D eigenvalue weighted by atomic mass is 14.6. The molecule has 1 nitrogen and oxygen atoms in total. The maximum absolute atomic E-state index is 5.89. The van der Waals surface area contributed by atoms with E-state index in [4.69, 9.17) is 5.73 Å². The zero-order valence-electron chi connectivity index (χ0n) is 8.40. The van der Waals surface area contributed by atoms with Crippen molar-refractivity contribution in [1.82, 2.24) is 0 Å². The van der Waals surface area contributed by atoms with Gasteiger partial charge in [0.05, 0.1) is 0 Å². The van der Waals surface area contributed by atoms with Crippen molar-refractivity contribution in [2.24, 2.45) is 0 Å². The number of nitrogen functional groups attached to an aromatic ring is 1. The van der Waals surface area contributed by atoms with Gasteiger partial charge in [0, 0.05) is 11.6 Å². The Bertz CT molecular complexity index is 388. The summed E-state index contributed by atoms with van der Waals surface area (Å²) in [5, 5.41) is 0. The molecule has 0 bridgehead atoms. The molecular weight excluding hydrogens is 170 g/mol. The lowest BCUT2D eigenvalue weighted by atomic mass is 9.91. The van der Waals surface area contributed by atoms with Crippen LogP contribution in [0.15, 0.2) is 42.5 Å². The third-order valence-corrected chi connectivity index (χ3v) is 2.71. The van der Waals surface area contributed by atoms with E-state index < -0.39 is 0 Å². The van der Waals surface area contributed by atoms with Gasteiger partial charge >= 0.3 is 0 Å². The molecule has 0 aliphatic heterocycles. The van der Waals surface area contributed by atoms with Crippen molar-refractivity contribution < 1.29 is 0 Å². The van der Waals surface area contributed by atoms with Gasteiger partial charge in [-0.05, 0) is 30.5 Å². The average Bonchev–Trinajstić information content (AvgIpc) is 2.23. The van der Waals surface area contributed by atoms with Gasteiger partial charge in [-0.3, -0.25) is 0 Å². The maximum atomic E-state index is 5.89. The average molecular weight is 185 g/mol. The van der Waals surface area contributed by atoms with Gasteiger partial charge in [-0.2, -0.15) is 0 Å². The van der Waals surface area contributed by atoms with Crippen molar-refractivity contribution in [2.45, 2.75) is 19.3 Å². The third-order valence-electron chi connectivity index (χ3n) is 2.71. The number of anilines is 1. The first-order valence-electron chi connectivity index (χ1n) is 4.97. The van der Waals surface area contributed by atoms with E-state index in [1.807, 2.05) is 6.92 Å². The van der Waals surface area contributed by atoms with Gasteiger partial charge in [0.1, 0.15) is 0 Å². The summed E-state index contributed by atoms with van der Waals surface area (Å²) in [5.41, 5.74) is 9.25. The second kappa shape index (κ2) is 3.70. The molecule has 1 unspecified atom stereocenters. The lowest BCUT2D eigenvalue weighted by molar-refractivity contribution is 0.854. The highest BCUT2D eigenvalue weighted by molar-refractivity contribution is 5.50. The van der Waals surface area contributed by atoms with Crippen LogP contribution in [-0.2, 0) is 0 Å². The zero-order chi connectivity index (χ0) is 9.97. The van der Waals surface area contributed by atoms with E-state index in [9.17, 15) is 0 Å². The van der Waals surface area contributed by atoms with Gasteiger partial charge in [-0.15, -0.1) is 0 Å². The SMILES string of the molecule is Cc1ccc(C2C=CC=CC2)cc1N. The summed E-state index contributed by atoms with van der Waals surface area (Å²) < 4.78 is 0. The molecule has 0 radical (unpaired) electrons. The van der Waals surface area contributed by atoms with Crippen LogP contribution in [0.5, 0.6) is 0 Å². The molecule has 0 spiro atoms. The minimum Gasteiger partial charge on any atom is -0.399 e. The van der Waals surface area contributed by atoms with E-state index in [1.54, 1.807) is 0 Å². The minimum absolute atomic E-state index is 0.503. The van der Waals surface area contributed by atoms with Crippen LogP contribution in [0.1, 0.15) is 23.5 Å². The topological polar surface area (TPSA) is 26.0 Å². The molecule has 1 heteroatoms. The lowest BCUT2D eigenvalue weighted by Gasteiger charge is -2.14. The Morgan fingerprint density at radius 2 is 2.14 bits per heavy atom. The number of benzene rings is 1. The Labute approximate surface area is 84.9 Å². The Balaban J connectivity index is 2.28. The summed E-state index contributed by atoms with van der Waals surface area (Å²) in [7, 11) is 0. The van der Waals surface area contributed by atoms with Crippen molar-refractivity contribution in [3.8, 4) is 0 Å². The summed E-state index contributed by atoms with van der Waals surface area (Å²) in [6.45, 7) is 2.04. The van der Waals surface area contributed by atoms with Gasteiger partial charge in [-0.1, -0.05) is 36.4 Å². The molecule has 2 rings (SSSR count). The van der Waals surface area contributed by atoms with Crippen LogP contribution in [0.2, 0.25) is 0 Å². The summed E-state index contributed by atoms with van der Waals surface area (Å²) in [4.78, 5) is 0. The molecule has 2 N–H and O–H groups in total. The van der Waals surface area contributed by atoms with Crippen molar-refractivity contribution in [1.29, 1.82) is 0 Å². The third kappa shape index (κ3) is 1.72. The van der Waals surface area contributed by atoms with E-state index in [0.29, 0.717) is 5.92 Å². The highest BCUT2D eigenvalue weighted by Crippen LogP contribution is 2.26. The lowest BCUT2D eigenvalue weighted by Crippen LogP contribution is -1.98. The van der Waals surface area contributed by atoms with E-state index >= 15 is 0 Å². The summed E-state index contributed by atoms with van der Waals surface area (Å²) >= 11 is 0. The van der Waals surface area contributed by atoms with Gasteiger partial charge in [0.25, 0.3) is 0 Å². The smallest absolute Gasteiger partial charge is 0.0346 e. The molecule has 1 aliphatic carbocycles. The largest absolute Gasteiger partial charge is 0.399 e. The fourth-order valence-corrected chi connectivity index (χ4v) is 1.72. The quantitative estimate of drug-likeness (QED) is 0.668. The maximum Gasteiger partial charge on any atom is 0.0346 e. The number of nitrogens with two attached hydrogens (primary N) is 1. The fourth-order valence-electron chi connectivity index (χ4n) is 1.72. The molecule has 0 amide bonds. The second-order valence-corrected chi connectivity index (χ2v) is 3.77. The Morgan fingerprint density at radius 1 is 1.29 bits per heavy atom. The summed E-state index contributed by atoms with van der Waals surface area (Å²) in [5.74, 6) is 0.503. The molecule has 14 heavy (non-hydrogen) atoms. The molecule has 1 aromatic rings. The molecule has 0 saturated heterocycles. The van der Waals surface area contributed by atoms with E-state index in [0.717, 1.165) is 17.7 Å². The first kappa shape index (κ1) is 9.07. The van der Waals surface area contributed by atoms with Crippen molar-refractivity contribution >= 4 is 5.69 Å². The molecule has 1 atom stereocenters. The molecule has 0 saturated carbocycles. The van der Waals surface area contributed by atoms with Gasteiger partial charge in [-0.25, -0.2) is 0 Å². The predicted molar refractivity (Wildman–Crippen MR) is 61.2 cm³/mol.